The maximum Gasteiger partial charge on any atom is 0.219 e. The lowest BCUT2D eigenvalue weighted by atomic mass is 10.2. The fourth-order valence-electron chi connectivity index (χ4n) is 1.07. The third-order valence-corrected chi connectivity index (χ3v) is 1.97. The van der Waals surface area contributed by atoms with Crippen molar-refractivity contribution in [2.75, 3.05) is 7.11 Å². The summed E-state index contributed by atoms with van der Waals surface area (Å²) in [6, 6.07) is 7.64. The number of nitrogens with one attached hydrogen (secondary N) is 1. The van der Waals surface area contributed by atoms with Crippen LogP contribution < -0.4 is 10.1 Å². The number of amides is 1. The van der Waals surface area contributed by atoms with E-state index in [1.54, 1.807) is 7.11 Å². The molecule has 0 spiro atoms. The predicted molar refractivity (Wildman–Crippen MR) is 84.6 cm³/mol. The Balaban J connectivity index is -0.000000426. The molecule has 0 saturated heterocycles. The van der Waals surface area contributed by atoms with Gasteiger partial charge in [-0.25, -0.2) is 0 Å². The van der Waals surface area contributed by atoms with Crippen LogP contribution in [0.2, 0.25) is 0 Å². The van der Waals surface area contributed by atoms with Gasteiger partial charge in [-0.1, -0.05) is 53.2 Å². The van der Waals surface area contributed by atoms with Crippen LogP contribution in [0, 0.1) is 0 Å². The topological polar surface area (TPSA) is 38.3 Å². The third-order valence-electron chi connectivity index (χ3n) is 1.97. The van der Waals surface area contributed by atoms with Gasteiger partial charge in [0.05, 0.1) is 7.11 Å². The number of hydrogen-bond acceptors (Lipinski definition) is 2. The molecule has 1 amide bonds. The van der Waals surface area contributed by atoms with Crippen LogP contribution in [0.4, 0.5) is 0 Å². The smallest absolute Gasteiger partial charge is 0.219 e. The molecule has 0 saturated carbocycles. The number of carbonyl (C=O) groups is 1. The molecular weight excluding hydrogens is 238 g/mol. The lowest BCUT2D eigenvalue weighted by Crippen LogP contribution is -2.21. The van der Waals surface area contributed by atoms with Crippen LogP contribution in [-0.2, 0) is 11.3 Å². The number of benzene rings is 1. The van der Waals surface area contributed by atoms with Crippen molar-refractivity contribution in [2.45, 2.75) is 54.0 Å². The van der Waals surface area contributed by atoms with Gasteiger partial charge in [0.15, 0.2) is 0 Å². The lowest BCUT2D eigenvalue weighted by Gasteiger charge is -2.04. The molecule has 0 heterocycles. The number of hydrogen-bond donors (Lipinski definition) is 1. The maximum atomic E-state index is 11.0. The van der Waals surface area contributed by atoms with E-state index in [0.29, 0.717) is 13.0 Å². The van der Waals surface area contributed by atoms with Crippen molar-refractivity contribution >= 4 is 5.91 Å². The van der Waals surface area contributed by atoms with Gasteiger partial charge < -0.3 is 10.1 Å². The Morgan fingerprint density at radius 2 is 1.63 bits per heavy atom. The molecule has 3 heteroatoms. The van der Waals surface area contributed by atoms with Crippen molar-refractivity contribution in [2.24, 2.45) is 0 Å². The second-order valence-corrected chi connectivity index (χ2v) is 3.69. The monoisotopic (exact) mass is 269 g/mol. The fraction of sp³-hybridized carbons (Fsp3) is 0.562. The minimum atomic E-state index is 0. The van der Waals surface area contributed by atoms with Crippen LogP contribution in [0.15, 0.2) is 24.3 Å². The van der Waals surface area contributed by atoms with Gasteiger partial charge in [-0.05, 0) is 17.7 Å². The highest BCUT2D eigenvalue weighted by Gasteiger charge is 1.97. The SMILES string of the molecule is CC.CCC.CCC(=O)NCc1ccc(OC)cc1.[HH]. The highest BCUT2D eigenvalue weighted by atomic mass is 16.5. The summed E-state index contributed by atoms with van der Waals surface area (Å²) in [5.41, 5.74) is 1.08. The normalized spacial score (nSPS) is 8.32. The number of carbonyl (C=O) groups excluding carboxylic acids is 1. The Morgan fingerprint density at radius 1 is 1.16 bits per heavy atom. The Hall–Kier alpha value is -1.51. The molecule has 1 N–H and O–H groups in total. The van der Waals surface area contributed by atoms with Gasteiger partial charge in [-0.3, -0.25) is 4.79 Å². The number of rotatable bonds is 4. The van der Waals surface area contributed by atoms with E-state index in [4.69, 9.17) is 4.74 Å². The van der Waals surface area contributed by atoms with Crippen molar-refractivity contribution in [1.29, 1.82) is 0 Å². The molecule has 1 aromatic carbocycles. The van der Waals surface area contributed by atoms with E-state index in [9.17, 15) is 4.79 Å². The van der Waals surface area contributed by atoms with Crippen LogP contribution in [0.25, 0.3) is 0 Å². The molecule has 0 aliphatic carbocycles. The molecule has 0 fully saturated rings. The molecule has 19 heavy (non-hydrogen) atoms. The zero-order chi connectivity index (χ0) is 15.1. The molecule has 0 aliphatic rings. The second kappa shape index (κ2) is 14.6. The van der Waals surface area contributed by atoms with Gasteiger partial charge in [0.2, 0.25) is 5.91 Å². The molecule has 112 valence electrons. The molecule has 0 aliphatic heterocycles. The summed E-state index contributed by atoms with van der Waals surface area (Å²) in [5.74, 6) is 0.899. The highest BCUT2D eigenvalue weighted by Crippen LogP contribution is 2.10. The Morgan fingerprint density at radius 3 is 2.00 bits per heavy atom. The van der Waals surface area contributed by atoms with Crippen LogP contribution in [0.1, 0.15) is 54.5 Å². The summed E-state index contributed by atoms with van der Waals surface area (Å²) in [6.07, 6.45) is 1.77. The summed E-state index contributed by atoms with van der Waals surface area (Å²) in [7, 11) is 1.63. The summed E-state index contributed by atoms with van der Waals surface area (Å²) < 4.78 is 5.03. The molecule has 1 aromatic rings. The largest absolute Gasteiger partial charge is 0.497 e. The van der Waals surface area contributed by atoms with Gasteiger partial charge in [0, 0.05) is 14.4 Å². The maximum absolute atomic E-state index is 11.0. The fourth-order valence-corrected chi connectivity index (χ4v) is 1.07. The average Bonchev–Trinajstić information content (AvgIpc) is 2.48. The summed E-state index contributed by atoms with van der Waals surface area (Å²) in [6.45, 7) is 10.7. The minimum Gasteiger partial charge on any atom is -0.497 e. The van der Waals surface area contributed by atoms with E-state index in [2.05, 4.69) is 19.2 Å². The van der Waals surface area contributed by atoms with E-state index < -0.39 is 0 Å². The summed E-state index contributed by atoms with van der Waals surface area (Å²) in [5, 5.41) is 2.81. The van der Waals surface area contributed by atoms with Crippen molar-refractivity contribution in [3.05, 3.63) is 29.8 Å². The molecule has 0 radical (unpaired) electrons. The molecule has 0 atom stereocenters. The first-order chi connectivity index (χ1) is 9.17. The van der Waals surface area contributed by atoms with E-state index in [1.165, 1.54) is 6.42 Å². The van der Waals surface area contributed by atoms with Gasteiger partial charge in [0.1, 0.15) is 5.75 Å². The standard InChI is InChI=1S/C11H15NO2.C3H8.C2H6.H2/c1-3-11(13)12-8-9-4-6-10(14-2)7-5-9;1-3-2;1-2;/h4-7H,3,8H2,1-2H3,(H,12,13);3H2,1-2H3;1-2H3;1H. The molecular formula is C16H31NO2. The van der Waals surface area contributed by atoms with Gasteiger partial charge in [-0.15, -0.1) is 0 Å². The van der Waals surface area contributed by atoms with Crippen LogP contribution in [0.5, 0.6) is 5.75 Å². The van der Waals surface area contributed by atoms with Crippen molar-refractivity contribution in [3.8, 4) is 5.75 Å². The summed E-state index contributed by atoms with van der Waals surface area (Å²) >= 11 is 0. The van der Waals surface area contributed by atoms with Crippen molar-refractivity contribution < 1.29 is 11.0 Å². The Kier molecular flexibility index (Phi) is 15.2. The Bertz CT molecular complexity index is 313. The lowest BCUT2D eigenvalue weighted by molar-refractivity contribution is -0.120. The van der Waals surface area contributed by atoms with E-state index in [1.807, 2.05) is 45.0 Å². The quantitative estimate of drug-likeness (QED) is 0.879. The first-order valence-corrected chi connectivity index (χ1v) is 7.07. The average molecular weight is 269 g/mol. The van der Waals surface area contributed by atoms with Gasteiger partial charge in [0.25, 0.3) is 0 Å². The highest BCUT2D eigenvalue weighted by molar-refractivity contribution is 5.75. The number of methoxy groups -OCH3 is 1. The first-order valence-electron chi connectivity index (χ1n) is 7.07. The van der Waals surface area contributed by atoms with Crippen LogP contribution in [-0.4, -0.2) is 13.0 Å². The second-order valence-electron chi connectivity index (χ2n) is 3.69. The van der Waals surface area contributed by atoms with Crippen molar-refractivity contribution in [1.82, 2.24) is 5.32 Å². The molecule has 0 aromatic heterocycles. The van der Waals surface area contributed by atoms with E-state index in [0.717, 1.165) is 11.3 Å². The number of ether oxygens (including phenoxy) is 1. The van der Waals surface area contributed by atoms with Gasteiger partial charge in [-0.2, -0.15) is 0 Å². The predicted octanol–water partition coefficient (Wildman–Crippen LogP) is 4.41. The van der Waals surface area contributed by atoms with E-state index in [-0.39, 0.29) is 7.33 Å². The minimum absolute atomic E-state index is 0. The third kappa shape index (κ3) is 11.3. The molecule has 0 unspecified atom stereocenters. The zero-order valence-electron chi connectivity index (χ0n) is 13.2. The van der Waals surface area contributed by atoms with Crippen LogP contribution in [0.3, 0.4) is 0 Å². The Labute approximate surface area is 119 Å². The van der Waals surface area contributed by atoms with Crippen molar-refractivity contribution in [3.63, 3.8) is 0 Å². The zero-order valence-corrected chi connectivity index (χ0v) is 13.2. The molecule has 1 rings (SSSR count). The van der Waals surface area contributed by atoms with Gasteiger partial charge >= 0.3 is 0 Å². The molecule has 0 bridgehead atoms. The first kappa shape index (κ1) is 19.8. The summed E-state index contributed by atoms with van der Waals surface area (Å²) in [4.78, 5) is 11.0. The van der Waals surface area contributed by atoms with Crippen LogP contribution >= 0.6 is 0 Å². The van der Waals surface area contributed by atoms with E-state index >= 15 is 0 Å². The molecule has 3 nitrogen and oxygen atoms in total.